The molecular weight excluding hydrogens is 398 g/mol. The minimum Gasteiger partial charge on any atom is -0.456 e. The second-order valence-corrected chi connectivity index (χ2v) is 8.90. The molecule has 10 heteroatoms. The fourth-order valence-corrected chi connectivity index (χ4v) is 3.85. The van der Waals surface area contributed by atoms with Crippen molar-refractivity contribution in [1.29, 1.82) is 0 Å². The van der Waals surface area contributed by atoms with Gasteiger partial charge in [0.15, 0.2) is 6.61 Å². The maximum Gasteiger partial charge on any atom is 0.307 e. The number of aryl methyl sites for hydroxylation is 2. The quantitative estimate of drug-likeness (QED) is 0.518. The Morgan fingerprint density at radius 1 is 1.21 bits per heavy atom. The number of carbonyl (C=O) groups is 3. The van der Waals surface area contributed by atoms with Crippen LogP contribution in [0.15, 0.2) is 23.1 Å². The maximum absolute atomic E-state index is 12.3. The molecule has 0 spiro atoms. The van der Waals surface area contributed by atoms with Crippen molar-refractivity contribution in [3.63, 3.8) is 0 Å². The minimum absolute atomic E-state index is 0.109. The van der Waals surface area contributed by atoms with E-state index in [9.17, 15) is 22.8 Å². The second-order valence-electron chi connectivity index (χ2n) is 7.17. The van der Waals surface area contributed by atoms with Crippen molar-refractivity contribution in [2.24, 2.45) is 0 Å². The summed E-state index contributed by atoms with van der Waals surface area (Å²) in [6.45, 7) is 2.80. The molecule has 9 nitrogen and oxygen atoms in total. The molecule has 2 rings (SSSR count). The lowest BCUT2D eigenvalue weighted by atomic mass is 10.2. The summed E-state index contributed by atoms with van der Waals surface area (Å²) < 4.78 is 31.9. The largest absolute Gasteiger partial charge is 0.456 e. The van der Waals surface area contributed by atoms with Gasteiger partial charge < -0.3 is 15.0 Å². The molecule has 1 aliphatic carbocycles. The van der Waals surface area contributed by atoms with Crippen LogP contribution in [-0.2, 0) is 29.1 Å². The number of esters is 1. The summed E-state index contributed by atoms with van der Waals surface area (Å²) in [5, 5.41) is 2.76. The molecule has 1 aromatic carbocycles. The van der Waals surface area contributed by atoms with Gasteiger partial charge in [0.25, 0.3) is 5.91 Å². The predicted octanol–water partition coefficient (Wildman–Crippen LogP) is 0.252. The van der Waals surface area contributed by atoms with Gasteiger partial charge >= 0.3 is 5.97 Å². The molecule has 0 aliphatic heterocycles. The Morgan fingerprint density at radius 2 is 1.90 bits per heavy atom. The highest BCUT2D eigenvalue weighted by Crippen LogP contribution is 2.18. The van der Waals surface area contributed by atoms with E-state index < -0.39 is 28.5 Å². The van der Waals surface area contributed by atoms with Gasteiger partial charge in [-0.2, -0.15) is 0 Å². The summed E-state index contributed by atoms with van der Waals surface area (Å²) in [5.41, 5.74) is 1.56. The first-order chi connectivity index (χ1) is 13.6. The number of hydrogen-bond donors (Lipinski definition) is 2. The third-order valence-corrected chi connectivity index (χ3v) is 5.97. The molecule has 0 unspecified atom stereocenters. The molecule has 2 N–H and O–H groups in total. The Labute approximate surface area is 170 Å². The van der Waals surface area contributed by atoms with Crippen LogP contribution in [-0.4, -0.2) is 63.9 Å². The van der Waals surface area contributed by atoms with E-state index in [-0.39, 0.29) is 36.4 Å². The molecule has 1 aliphatic rings. The average Bonchev–Trinajstić information content (AvgIpc) is 3.42. The van der Waals surface area contributed by atoms with E-state index >= 15 is 0 Å². The zero-order valence-corrected chi connectivity index (χ0v) is 17.7. The van der Waals surface area contributed by atoms with E-state index in [2.05, 4.69) is 10.0 Å². The molecule has 0 saturated heterocycles. The van der Waals surface area contributed by atoms with Gasteiger partial charge in [0.1, 0.15) is 0 Å². The summed E-state index contributed by atoms with van der Waals surface area (Å²) in [7, 11) is -2.30. The normalized spacial score (nSPS) is 13.6. The Kier molecular flexibility index (Phi) is 7.74. The summed E-state index contributed by atoms with van der Waals surface area (Å²) in [6.07, 6.45) is 1.69. The van der Waals surface area contributed by atoms with Crippen LogP contribution in [0.1, 0.15) is 30.4 Å². The zero-order chi connectivity index (χ0) is 21.6. The Bertz CT molecular complexity index is 880. The topological polar surface area (TPSA) is 122 Å². The van der Waals surface area contributed by atoms with Crippen molar-refractivity contribution in [2.45, 2.75) is 44.0 Å². The van der Waals surface area contributed by atoms with Gasteiger partial charge in [-0.1, -0.05) is 17.7 Å². The number of nitrogens with one attached hydrogen (secondary N) is 2. The van der Waals surface area contributed by atoms with E-state index in [1.165, 1.54) is 18.0 Å². The van der Waals surface area contributed by atoms with Crippen LogP contribution in [0.3, 0.4) is 0 Å². The van der Waals surface area contributed by atoms with Crippen LogP contribution in [0, 0.1) is 13.8 Å². The Hall–Kier alpha value is -2.46. The molecule has 160 valence electrons. The summed E-state index contributed by atoms with van der Waals surface area (Å²) in [5.74, 6) is -1.48. The minimum atomic E-state index is -3.74. The van der Waals surface area contributed by atoms with Gasteiger partial charge in [-0.15, -0.1) is 0 Å². The lowest BCUT2D eigenvalue weighted by molar-refractivity contribution is -0.151. The van der Waals surface area contributed by atoms with E-state index in [1.54, 1.807) is 19.1 Å². The lowest BCUT2D eigenvalue weighted by Gasteiger charge is -2.16. The average molecular weight is 426 g/mol. The molecule has 0 heterocycles. The molecule has 29 heavy (non-hydrogen) atoms. The van der Waals surface area contributed by atoms with Gasteiger partial charge in [-0.3, -0.25) is 14.4 Å². The van der Waals surface area contributed by atoms with Crippen molar-refractivity contribution in [3.05, 3.63) is 29.3 Å². The van der Waals surface area contributed by atoms with Gasteiger partial charge in [0, 0.05) is 19.6 Å². The standard InChI is InChI=1S/C19H27N3O6S/c1-13-4-7-16(14(2)10-13)29(26,27)20-9-8-19(25)28-12-18(24)22(3)11-17(23)21-15-5-6-15/h4,7,10,15,20H,5-6,8-9,11-12H2,1-3H3,(H,21,23). The van der Waals surface area contributed by atoms with Crippen molar-refractivity contribution < 1.29 is 27.5 Å². The van der Waals surface area contributed by atoms with E-state index in [4.69, 9.17) is 4.74 Å². The highest BCUT2D eigenvalue weighted by molar-refractivity contribution is 7.89. The van der Waals surface area contributed by atoms with Crippen molar-refractivity contribution in [2.75, 3.05) is 26.7 Å². The van der Waals surface area contributed by atoms with Crippen LogP contribution in [0.4, 0.5) is 0 Å². The number of carbonyl (C=O) groups excluding carboxylic acids is 3. The van der Waals surface area contributed by atoms with E-state index in [0.29, 0.717) is 5.56 Å². The number of hydrogen-bond acceptors (Lipinski definition) is 6. The fraction of sp³-hybridized carbons (Fsp3) is 0.526. The Morgan fingerprint density at radius 3 is 2.52 bits per heavy atom. The molecule has 2 amide bonds. The highest BCUT2D eigenvalue weighted by Gasteiger charge is 2.24. The molecule has 1 aromatic rings. The first-order valence-electron chi connectivity index (χ1n) is 9.34. The first kappa shape index (κ1) is 22.8. The molecule has 0 aromatic heterocycles. The van der Waals surface area contributed by atoms with Gasteiger partial charge in [-0.05, 0) is 38.3 Å². The van der Waals surface area contributed by atoms with Gasteiger partial charge in [0.05, 0.1) is 17.9 Å². The smallest absolute Gasteiger partial charge is 0.307 e. The van der Waals surface area contributed by atoms with Crippen molar-refractivity contribution >= 4 is 27.8 Å². The van der Waals surface area contributed by atoms with Crippen LogP contribution in [0.2, 0.25) is 0 Å². The number of likely N-dealkylation sites (N-methyl/N-ethyl adjacent to an activating group) is 1. The molecule has 1 saturated carbocycles. The monoisotopic (exact) mass is 425 g/mol. The number of rotatable bonds is 10. The number of nitrogens with zero attached hydrogens (tertiary/aromatic N) is 1. The van der Waals surface area contributed by atoms with Crippen molar-refractivity contribution in [3.8, 4) is 0 Å². The lowest BCUT2D eigenvalue weighted by Crippen LogP contribution is -2.40. The predicted molar refractivity (Wildman–Crippen MR) is 105 cm³/mol. The second kappa shape index (κ2) is 9.84. The van der Waals surface area contributed by atoms with Gasteiger partial charge in [-0.25, -0.2) is 13.1 Å². The third kappa shape index (κ3) is 7.47. The molecule has 0 atom stereocenters. The summed E-state index contributed by atoms with van der Waals surface area (Å²) in [4.78, 5) is 36.7. The molecule has 1 fully saturated rings. The van der Waals surface area contributed by atoms with Crippen LogP contribution in [0.25, 0.3) is 0 Å². The van der Waals surface area contributed by atoms with E-state index in [0.717, 1.165) is 18.4 Å². The SMILES string of the molecule is Cc1ccc(S(=O)(=O)NCCC(=O)OCC(=O)N(C)CC(=O)NC2CC2)c(C)c1. The van der Waals surface area contributed by atoms with E-state index in [1.807, 2.05) is 6.92 Å². The molecule has 0 radical (unpaired) electrons. The third-order valence-electron chi connectivity index (χ3n) is 4.35. The van der Waals surface area contributed by atoms with Crippen LogP contribution < -0.4 is 10.0 Å². The fourth-order valence-electron chi connectivity index (χ4n) is 2.60. The van der Waals surface area contributed by atoms with Crippen LogP contribution in [0.5, 0.6) is 0 Å². The van der Waals surface area contributed by atoms with Crippen LogP contribution >= 0.6 is 0 Å². The van der Waals surface area contributed by atoms with Crippen molar-refractivity contribution in [1.82, 2.24) is 14.9 Å². The number of ether oxygens (including phenoxy) is 1. The number of amides is 2. The Balaban J connectivity index is 1.70. The van der Waals surface area contributed by atoms with Gasteiger partial charge in [0.2, 0.25) is 15.9 Å². The highest BCUT2D eigenvalue weighted by atomic mass is 32.2. The summed E-state index contributed by atoms with van der Waals surface area (Å²) >= 11 is 0. The number of benzene rings is 1. The maximum atomic E-state index is 12.3. The molecule has 0 bridgehead atoms. The first-order valence-corrected chi connectivity index (χ1v) is 10.8. The zero-order valence-electron chi connectivity index (χ0n) is 16.9. The number of sulfonamides is 1. The summed E-state index contributed by atoms with van der Waals surface area (Å²) in [6, 6.07) is 5.18. The molecular formula is C19H27N3O6S.